The van der Waals surface area contributed by atoms with Crippen molar-refractivity contribution in [2.24, 2.45) is 12.2 Å². The number of aromatic nitrogens is 5. The number of rotatable bonds is 5. The van der Waals surface area contributed by atoms with E-state index in [1.165, 1.54) is 28.8 Å². The van der Waals surface area contributed by atoms with Crippen molar-refractivity contribution in [3.63, 3.8) is 0 Å². The molecule has 108 valence electrons. The minimum atomic E-state index is -3.94. The Balaban J connectivity index is 2.04. The summed E-state index contributed by atoms with van der Waals surface area (Å²) >= 11 is 0. The van der Waals surface area contributed by atoms with E-state index in [1.54, 1.807) is 6.20 Å². The summed E-state index contributed by atoms with van der Waals surface area (Å²) < 4.78 is 25.4. The molecule has 0 unspecified atom stereocenters. The fourth-order valence-corrected chi connectivity index (χ4v) is 2.18. The summed E-state index contributed by atoms with van der Waals surface area (Å²) in [6, 6.07) is 0. The first-order valence-electron chi connectivity index (χ1n) is 5.56. The van der Waals surface area contributed by atoms with Gasteiger partial charge in [0.05, 0.1) is 12.7 Å². The van der Waals surface area contributed by atoms with E-state index in [-0.39, 0.29) is 17.1 Å². The molecular formula is C9H13N7O3S. The minimum absolute atomic E-state index is 0.0846. The van der Waals surface area contributed by atoms with Gasteiger partial charge in [-0.15, -0.1) is 5.10 Å². The molecule has 0 radical (unpaired) electrons. The number of primary sulfonamides is 1. The summed E-state index contributed by atoms with van der Waals surface area (Å²) in [6.07, 6.45) is 4.44. The van der Waals surface area contributed by atoms with Crippen LogP contribution in [0.5, 0.6) is 0 Å². The first kappa shape index (κ1) is 14.1. The number of nitrogens with one attached hydrogen (secondary N) is 1. The number of anilines is 1. The Kier molecular flexibility index (Phi) is 3.81. The normalized spacial score (nSPS) is 11.5. The minimum Gasteiger partial charge on any atom is -0.308 e. The van der Waals surface area contributed by atoms with Crippen molar-refractivity contribution in [3.8, 4) is 0 Å². The number of carbonyl (C=O) groups excluding carboxylic acids is 1. The predicted molar refractivity (Wildman–Crippen MR) is 67.8 cm³/mol. The van der Waals surface area contributed by atoms with E-state index in [4.69, 9.17) is 5.14 Å². The SMILES string of the molecule is Cn1cc(S(N)(=O)=O)c(NC(=O)CCn2ccnn2)n1. The second-order valence-electron chi connectivity index (χ2n) is 4.02. The molecule has 1 amide bonds. The van der Waals surface area contributed by atoms with Crippen LogP contribution >= 0.6 is 0 Å². The first-order chi connectivity index (χ1) is 9.36. The summed E-state index contributed by atoms with van der Waals surface area (Å²) in [7, 11) is -2.41. The maximum Gasteiger partial charge on any atom is 0.243 e. The van der Waals surface area contributed by atoms with Gasteiger partial charge in [-0.05, 0) is 0 Å². The van der Waals surface area contributed by atoms with Crippen molar-refractivity contribution < 1.29 is 13.2 Å². The van der Waals surface area contributed by atoms with Crippen LogP contribution in [0.15, 0.2) is 23.5 Å². The van der Waals surface area contributed by atoms with Gasteiger partial charge in [0.25, 0.3) is 0 Å². The molecule has 2 heterocycles. The summed E-state index contributed by atoms with van der Waals surface area (Å²) in [5.74, 6) is -0.484. The van der Waals surface area contributed by atoms with Gasteiger partial charge in [-0.25, -0.2) is 13.6 Å². The third-order valence-corrected chi connectivity index (χ3v) is 3.31. The zero-order valence-corrected chi connectivity index (χ0v) is 11.4. The standard InChI is InChI=1S/C9H13N7O3S/c1-15-6-7(20(10,18)19)9(13-15)12-8(17)2-4-16-5-3-11-14-16/h3,5-6H,2,4H2,1H3,(H2,10,18,19)(H,12,13,17). The number of amides is 1. The van der Waals surface area contributed by atoms with Crippen LogP contribution in [0.1, 0.15) is 6.42 Å². The summed E-state index contributed by atoms with van der Waals surface area (Å²) in [5.41, 5.74) is 0. The van der Waals surface area contributed by atoms with E-state index < -0.39 is 15.9 Å². The summed E-state index contributed by atoms with van der Waals surface area (Å²) in [5, 5.41) is 18.6. The van der Waals surface area contributed by atoms with E-state index in [2.05, 4.69) is 20.7 Å². The molecule has 0 saturated carbocycles. The Morgan fingerprint density at radius 2 is 2.25 bits per heavy atom. The lowest BCUT2D eigenvalue weighted by Crippen LogP contribution is -2.19. The molecular weight excluding hydrogens is 286 g/mol. The van der Waals surface area contributed by atoms with Crippen molar-refractivity contribution in [2.45, 2.75) is 17.9 Å². The van der Waals surface area contributed by atoms with E-state index >= 15 is 0 Å². The molecule has 2 rings (SSSR count). The van der Waals surface area contributed by atoms with Crippen molar-refractivity contribution in [1.29, 1.82) is 0 Å². The molecule has 0 saturated heterocycles. The highest BCUT2D eigenvalue weighted by Crippen LogP contribution is 2.17. The third-order valence-electron chi connectivity index (χ3n) is 2.40. The molecule has 2 aromatic rings. The Morgan fingerprint density at radius 3 is 2.85 bits per heavy atom. The molecule has 11 heteroatoms. The summed E-state index contributed by atoms with van der Waals surface area (Å²) in [4.78, 5) is 11.5. The van der Waals surface area contributed by atoms with Crippen LogP contribution in [-0.4, -0.2) is 39.1 Å². The molecule has 10 nitrogen and oxygen atoms in total. The molecule has 0 aliphatic heterocycles. The van der Waals surface area contributed by atoms with Gasteiger partial charge in [0.15, 0.2) is 5.82 Å². The second kappa shape index (κ2) is 5.38. The molecule has 0 aromatic carbocycles. The fourth-order valence-electron chi connectivity index (χ4n) is 1.52. The van der Waals surface area contributed by atoms with Gasteiger partial charge in [-0.3, -0.25) is 14.2 Å². The van der Waals surface area contributed by atoms with Crippen molar-refractivity contribution in [2.75, 3.05) is 5.32 Å². The Bertz CT molecular complexity index is 704. The van der Waals surface area contributed by atoms with Crippen LogP contribution < -0.4 is 10.5 Å². The van der Waals surface area contributed by atoms with E-state index in [0.29, 0.717) is 6.54 Å². The number of hydrogen-bond donors (Lipinski definition) is 2. The number of aryl methyl sites for hydroxylation is 2. The van der Waals surface area contributed by atoms with Gasteiger partial charge in [-0.2, -0.15) is 5.10 Å². The quantitative estimate of drug-likeness (QED) is 0.702. The maximum absolute atomic E-state index is 11.7. The van der Waals surface area contributed by atoms with Gasteiger partial charge in [0.2, 0.25) is 15.9 Å². The molecule has 0 fully saturated rings. The molecule has 3 N–H and O–H groups in total. The number of carbonyl (C=O) groups is 1. The third kappa shape index (κ3) is 3.39. The summed E-state index contributed by atoms with van der Waals surface area (Å²) in [6.45, 7) is 0.323. The lowest BCUT2D eigenvalue weighted by molar-refractivity contribution is -0.116. The average molecular weight is 299 g/mol. The van der Waals surface area contributed by atoms with Crippen molar-refractivity contribution >= 4 is 21.7 Å². The van der Waals surface area contributed by atoms with Crippen molar-refractivity contribution in [3.05, 3.63) is 18.6 Å². The molecule has 0 aliphatic carbocycles. The smallest absolute Gasteiger partial charge is 0.243 e. The number of sulfonamides is 1. The second-order valence-corrected chi connectivity index (χ2v) is 5.55. The molecule has 2 aromatic heterocycles. The molecule has 0 atom stereocenters. The van der Waals surface area contributed by atoms with E-state index in [1.807, 2.05) is 0 Å². The van der Waals surface area contributed by atoms with Crippen LogP contribution in [0, 0.1) is 0 Å². The Hall–Kier alpha value is -2.27. The predicted octanol–water partition coefficient (Wildman–Crippen LogP) is -1.31. The van der Waals surface area contributed by atoms with Gasteiger partial charge in [-0.1, -0.05) is 5.21 Å². The monoisotopic (exact) mass is 299 g/mol. The zero-order valence-electron chi connectivity index (χ0n) is 10.6. The van der Waals surface area contributed by atoms with Crippen LogP contribution in [0.2, 0.25) is 0 Å². The lowest BCUT2D eigenvalue weighted by Gasteiger charge is -2.03. The highest BCUT2D eigenvalue weighted by Gasteiger charge is 2.19. The van der Waals surface area contributed by atoms with Gasteiger partial charge >= 0.3 is 0 Å². The molecule has 20 heavy (non-hydrogen) atoms. The molecule has 0 aliphatic rings. The van der Waals surface area contributed by atoms with Crippen LogP contribution in [0.25, 0.3) is 0 Å². The number of nitrogens with zero attached hydrogens (tertiary/aromatic N) is 5. The highest BCUT2D eigenvalue weighted by molar-refractivity contribution is 7.89. The first-order valence-corrected chi connectivity index (χ1v) is 7.11. The Morgan fingerprint density at radius 1 is 1.50 bits per heavy atom. The number of hydrogen-bond acceptors (Lipinski definition) is 6. The van der Waals surface area contributed by atoms with E-state index in [9.17, 15) is 13.2 Å². The van der Waals surface area contributed by atoms with Gasteiger partial charge in [0, 0.05) is 25.9 Å². The zero-order chi connectivity index (χ0) is 14.8. The van der Waals surface area contributed by atoms with Crippen LogP contribution in [0.3, 0.4) is 0 Å². The van der Waals surface area contributed by atoms with Crippen LogP contribution in [-0.2, 0) is 28.4 Å². The lowest BCUT2D eigenvalue weighted by atomic mass is 10.4. The van der Waals surface area contributed by atoms with Gasteiger partial charge < -0.3 is 5.32 Å². The average Bonchev–Trinajstić information content (AvgIpc) is 2.95. The molecule has 0 spiro atoms. The van der Waals surface area contributed by atoms with Gasteiger partial charge in [0.1, 0.15) is 4.90 Å². The maximum atomic E-state index is 11.7. The molecule has 0 bridgehead atoms. The number of nitrogens with two attached hydrogens (primary N) is 1. The van der Waals surface area contributed by atoms with Crippen LogP contribution in [0.4, 0.5) is 5.82 Å². The largest absolute Gasteiger partial charge is 0.308 e. The topological polar surface area (TPSA) is 138 Å². The van der Waals surface area contributed by atoms with E-state index in [0.717, 1.165) is 0 Å². The fraction of sp³-hybridized carbons (Fsp3) is 0.333. The Labute approximate surface area is 114 Å². The highest BCUT2D eigenvalue weighted by atomic mass is 32.2. The van der Waals surface area contributed by atoms with Crippen molar-refractivity contribution in [1.82, 2.24) is 24.8 Å².